The number of aliphatic carboxylic acids is 1. The average molecular weight is 294 g/mol. The third-order valence-corrected chi connectivity index (χ3v) is 3.86. The Morgan fingerprint density at radius 3 is 2.76 bits per heavy atom. The lowest BCUT2D eigenvalue weighted by Crippen LogP contribution is -2.51. The predicted octanol–water partition coefficient (Wildman–Crippen LogP) is 2.85. The molecule has 6 heteroatoms. The molecule has 0 radical (unpaired) electrons. The van der Waals surface area contributed by atoms with Crippen LogP contribution in [0, 0.1) is 18.7 Å². The van der Waals surface area contributed by atoms with Gasteiger partial charge in [-0.1, -0.05) is 19.1 Å². The number of benzene rings is 1. The molecule has 2 atom stereocenters. The number of carboxylic acid groups (broad SMARTS) is 1. The number of nitrogens with one attached hydrogen (secondary N) is 1. The number of likely N-dealkylation sites (tertiary alicyclic amines) is 1. The number of aryl methyl sites for hydroxylation is 1. The Labute approximate surface area is 122 Å². The van der Waals surface area contributed by atoms with Gasteiger partial charge in [-0.2, -0.15) is 0 Å². The Morgan fingerprint density at radius 2 is 2.14 bits per heavy atom. The molecule has 2 unspecified atom stereocenters. The lowest BCUT2D eigenvalue weighted by Gasteiger charge is -2.36. The fourth-order valence-corrected chi connectivity index (χ4v) is 2.59. The van der Waals surface area contributed by atoms with Crippen LogP contribution in [-0.2, 0) is 4.79 Å². The van der Waals surface area contributed by atoms with Crippen LogP contribution in [0.25, 0.3) is 0 Å². The molecular formula is C15H19FN2O3. The molecule has 5 nitrogen and oxygen atoms in total. The summed E-state index contributed by atoms with van der Waals surface area (Å²) in [6.45, 7) is 4.01. The van der Waals surface area contributed by atoms with E-state index in [-0.39, 0.29) is 11.6 Å². The van der Waals surface area contributed by atoms with Gasteiger partial charge in [-0.3, -0.25) is 0 Å². The minimum atomic E-state index is -1.03. The molecule has 1 aliphatic rings. The molecule has 0 spiro atoms. The summed E-state index contributed by atoms with van der Waals surface area (Å²) >= 11 is 0. The van der Waals surface area contributed by atoms with Crippen LogP contribution in [0.5, 0.6) is 0 Å². The summed E-state index contributed by atoms with van der Waals surface area (Å²) in [5.41, 5.74) is 0.700. The molecule has 114 valence electrons. The maximum Gasteiger partial charge on any atom is 0.326 e. The van der Waals surface area contributed by atoms with Crippen LogP contribution in [-0.4, -0.2) is 34.6 Å². The first-order chi connectivity index (χ1) is 9.90. The third-order valence-electron chi connectivity index (χ3n) is 3.86. The van der Waals surface area contributed by atoms with Crippen LogP contribution in [0.3, 0.4) is 0 Å². The van der Waals surface area contributed by atoms with Crippen molar-refractivity contribution in [1.82, 2.24) is 4.90 Å². The van der Waals surface area contributed by atoms with Gasteiger partial charge in [0, 0.05) is 6.54 Å². The van der Waals surface area contributed by atoms with E-state index in [0.717, 1.165) is 6.42 Å². The Kier molecular flexibility index (Phi) is 4.45. The van der Waals surface area contributed by atoms with Gasteiger partial charge in [-0.05, 0) is 37.3 Å². The number of carbonyl (C=O) groups is 2. The number of halogens is 1. The number of para-hydroxylation sites is 1. The van der Waals surface area contributed by atoms with Crippen molar-refractivity contribution in [3.8, 4) is 0 Å². The summed E-state index contributed by atoms with van der Waals surface area (Å²) in [4.78, 5) is 24.9. The summed E-state index contributed by atoms with van der Waals surface area (Å²) < 4.78 is 13.7. The average Bonchev–Trinajstić information content (AvgIpc) is 2.42. The zero-order valence-corrected chi connectivity index (χ0v) is 12.1. The molecule has 2 N–H and O–H groups in total. The highest BCUT2D eigenvalue weighted by atomic mass is 19.1. The number of carbonyl (C=O) groups excluding carboxylic acids is 1. The summed E-state index contributed by atoms with van der Waals surface area (Å²) in [7, 11) is 0. The Morgan fingerprint density at radius 1 is 1.43 bits per heavy atom. The van der Waals surface area contributed by atoms with E-state index >= 15 is 0 Å². The van der Waals surface area contributed by atoms with Crippen LogP contribution in [0.4, 0.5) is 14.9 Å². The van der Waals surface area contributed by atoms with E-state index in [1.165, 1.54) is 11.0 Å². The van der Waals surface area contributed by atoms with E-state index in [1.807, 2.05) is 6.92 Å². The van der Waals surface area contributed by atoms with Crippen molar-refractivity contribution in [2.24, 2.45) is 5.92 Å². The maximum atomic E-state index is 13.7. The van der Waals surface area contributed by atoms with Gasteiger partial charge in [0.15, 0.2) is 0 Å². The first-order valence-corrected chi connectivity index (χ1v) is 6.95. The molecular weight excluding hydrogens is 275 g/mol. The van der Waals surface area contributed by atoms with Gasteiger partial charge >= 0.3 is 12.0 Å². The second kappa shape index (κ2) is 6.11. The quantitative estimate of drug-likeness (QED) is 0.881. The van der Waals surface area contributed by atoms with Crippen LogP contribution in [0.1, 0.15) is 25.3 Å². The molecule has 0 saturated carbocycles. The third kappa shape index (κ3) is 3.32. The number of nitrogens with zero attached hydrogens (tertiary/aromatic N) is 1. The highest BCUT2D eigenvalue weighted by Crippen LogP contribution is 2.25. The number of amides is 2. The standard InChI is InChI=1S/C15H19FN2O3/c1-9-6-7-18(12(8-9)14(19)20)15(21)17-13-10(2)4-3-5-11(13)16/h3-5,9,12H,6-8H2,1-2H3,(H,17,21)(H,19,20). The fourth-order valence-electron chi connectivity index (χ4n) is 2.59. The Hall–Kier alpha value is -2.11. The lowest BCUT2D eigenvalue weighted by molar-refractivity contribution is -0.143. The van der Waals surface area contributed by atoms with Gasteiger partial charge in [0.05, 0.1) is 5.69 Å². The number of rotatable bonds is 2. The van der Waals surface area contributed by atoms with Crippen molar-refractivity contribution in [2.45, 2.75) is 32.7 Å². The molecule has 1 aromatic rings. The maximum absolute atomic E-state index is 13.7. The highest BCUT2D eigenvalue weighted by Gasteiger charge is 2.35. The molecule has 0 bridgehead atoms. The number of carboxylic acids is 1. The highest BCUT2D eigenvalue weighted by molar-refractivity contribution is 5.93. The topological polar surface area (TPSA) is 69.6 Å². The van der Waals surface area contributed by atoms with Gasteiger partial charge in [-0.25, -0.2) is 14.0 Å². The fraction of sp³-hybridized carbons (Fsp3) is 0.467. The predicted molar refractivity (Wildman–Crippen MR) is 76.7 cm³/mol. The van der Waals surface area contributed by atoms with E-state index < -0.39 is 23.9 Å². The van der Waals surface area contributed by atoms with Crippen molar-refractivity contribution < 1.29 is 19.1 Å². The van der Waals surface area contributed by atoms with Crippen molar-refractivity contribution in [3.05, 3.63) is 29.6 Å². The molecule has 21 heavy (non-hydrogen) atoms. The van der Waals surface area contributed by atoms with Gasteiger partial charge in [0.1, 0.15) is 11.9 Å². The van der Waals surface area contributed by atoms with E-state index in [0.29, 0.717) is 18.5 Å². The molecule has 2 amide bonds. The minimum absolute atomic E-state index is 0.102. The first kappa shape index (κ1) is 15.3. The SMILES string of the molecule is Cc1cccc(F)c1NC(=O)N1CCC(C)CC1C(=O)O. The molecule has 1 saturated heterocycles. The first-order valence-electron chi connectivity index (χ1n) is 6.95. The molecule has 1 aromatic carbocycles. The normalized spacial score (nSPS) is 22.0. The molecule has 1 heterocycles. The summed E-state index contributed by atoms with van der Waals surface area (Å²) in [6.07, 6.45) is 1.16. The zero-order valence-electron chi connectivity index (χ0n) is 12.1. The second-order valence-corrected chi connectivity index (χ2v) is 5.54. The number of hydrogen-bond donors (Lipinski definition) is 2. The van der Waals surface area contributed by atoms with E-state index in [4.69, 9.17) is 0 Å². The summed E-state index contributed by atoms with van der Waals surface area (Å²) in [5, 5.41) is 11.8. The molecule has 2 rings (SSSR count). The largest absolute Gasteiger partial charge is 0.480 e. The molecule has 1 fully saturated rings. The molecule has 1 aliphatic heterocycles. The molecule has 0 aromatic heterocycles. The van der Waals surface area contributed by atoms with E-state index in [1.54, 1.807) is 19.1 Å². The summed E-state index contributed by atoms with van der Waals surface area (Å²) in [5.74, 6) is -1.30. The Bertz CT molecular complexity index is 542. The van der Waals surface area contributed by atoms with Crippen LogP contribution >= 0.6 is 0 Å². The number of anilines is 1. The number of urea groups is 1. The lowest BCUT2D eigenvalue weighted by atomic mass is 9.93. The van der Waals surface area contributed by atoms with Crippen molar-refractivity contribution in [2.75, 3.05) is 11.9 Å². The zero-order chi connectivity index (χ0) is 15.6. The van der Waals surface area contributed by atoms with Crippen molar-refractivity contribution >= 4 is 17.7 Å². The molecule has 0 aliphatic carbocycles. The van der Waals surface area contributed by atoms with E-state index in [9.17, 15) is 19.1 Å². The summed E-state index contributed by atoms with van der Waals surface area (Å²) in [6, 6.07) is 3.08. The van der Waals surface area contributed by atoms with Crippen LogP contribution < -0.4 is 5.32 Å². The van der Waals surface area contributed by atoms with Gasteiger partial charge < -0.3 is 15.3 Å². The van der Waals surface area contributed by atoms with Crippen LogP contribution in [0.2, 0.25) is 0 Å². The van der Waals surface area contributed by atoms with Gasteiger partial charge in [0.25, 0.3) is 0 Å². The van der Waals surface area contributed by atoms with E-state index in [2.05, 4.69) is 5.32 Å². The van der Waals surface area contributed by atoms with Crippen molar-refractivity contribution in [1.29, 1.82) is 0 Å². The number of hydrogen-bond acceptors (Lipinski definition) is 2. The van der Waals surface area contributed by atoms with Gasteiger partial charge in [-0.15, -0.1) is 0 Å². The number of piperidine rings is 1. The second-order valence-electron chi connectivity index (χ2n) is 5.54. The monoisotopic (exact) mass is 294 g/mol. The van der Waals surface area contributed by atoms with Crippen molar-refractivity contribution in [3.63, 3.8) is 0 Å². The smallest absolute Gasteiger partial charge is 0.326 e. The Balaban J connectivity index is 2.17. The van der Waals surface area contributed by atoms with Gasteiger partial charge in [0.2, 0.25) is 0 Å². The van der Waals surface area contributed by atoms with Crippen LogP contribution in [0.15, 0.2) is 18.2 Å². The minimum Gasteiger partial charge on any atom is -0.480 e.